The highest BCUT2D eigenvalue weighted by Crippen LogP contribution is 2.32. The summed E-state index contributed by atoms with van der Waals surface area (Å²) in [5.41, 5.74) is 0.862. The molecule has 0 aromatic heterocycles. The molecule has 0 radical (unpaired) electrons. The molecule has 88 valence electrons. The molecule has 1 fully saturated rings. The van der Waals surface area contributed by atoms with Crippen molar-refractivity contribution in [2.24, 2.45) is 5.92 Å². The van der Waals surface area contributed by atoms with Gasteiger partial charge in [-0.1, -0.05) is 29.3 Å². The van der Waals surface area contributed by atoms with Crippen LogP contribution in [0, 0.1) is 5.92 Å². The summed E-state index contributed by atoms with van der Waals surface area (Å²) in [6.07, 6.45) is 1.57. The van der Waals surface area contributed by atoms with E-state index >= 15 is 0 Å². The number of nitrogens with one attached hydrogen (secondary N) is 1. The Kier molecular flexibility index (Phi) is 4.09. The molecule has 16 heavy (non-hydrogen) atoms. The van der Waals surface area contributed by atoms with Crippen LogP contribution in [-0.2, 0) is 0 Å². The van der Waals surface area contributed by atoms with Crippen molar-refractivity contribution in [3.8, 4) is 0 Å². The smallest absolute Gasteiger partial charge is 0.0819 e. The minimum absolute atomic E-state index is 0.318. The van der Waals surface area contributed by atoms with Gasteiger partial charge in [0.15, 0.2) is 0 Å². The molecule has 2 rings (SSSR count). The molecule has 2 nitrogen and oxygen atoms in total. The first-order chi connectivity index (χ1) is 7.68. The largest absolute Gasteiger partial charge is 0.388 e. The normalized spacial score (nSPS) is 19.7. The van der Waals surface area contributed by atoms with E-state index in [0.29, 0.717) is 16.0 Å². The van der Waals surface area contributed by atoms with Crippen LogP contribution in [0.5, 0.6) is 0 Å². The van der Waals surface area contributed by atoms with Crippen molar-refractivity contribution in [3.05, 3.63) is 33.8 Å². The number of benzene rings is 1. The molecule has 1 aliphatic rings. The zero-order chi connectivity index (χ0) is 11.5. The number of hydrogen-bond donors (Lipinski definition) is 2. The summed E-state index contributed by atoms with van der Waals surface area (Å²) in [5.74, 6) is 0.318. The molecule has 1 atom stereocenters. The highest BCUT2D eigenvalue weighted by Gasteiger charge is 2.23. The van der Waals surface area contributed by atoms with E-state index < -0.39 is 6.10 Å². The van der Waals surface area contributed by atoms with Gasteiger partial charge in [-0.2, -0.15) is 0 Å². The first kappa shape index (κ1) is 12.2. The molecule has 1 heterocycles. The minimum Gasteiger partial charge on any atom is -0.388 e. The highest BCUT2D eigenvalue weighted by molar-refractivity contribution is 6.42. The molecular formula is C12H15Cl2NO. The van der Waals surface area contributed by atoms with Gasteiger partial charge in [-0.15, -0.1) is 0 Å². The highest BCUT2D eigenvalue weighted by atomic mass is 35.5. The van der Waals surface area contributed by atoms with Crippen LogP contribution in [0.15, 0.2) is 18.2 Å². The summed E-state index contributed by atoms with van der Waals surface area (Å²) in [6.45, 7) is 1.95. The van der Waals surface area contributed by atoms with Gasteiger partial charge in [0.25, 0.3) is 0 Å². The van der Waals surface area contributed by atoms with E-state index in [0.717, 1.165) is 31.5 Å². The predicted octanol–water partition coefficient (Wildman–Crippen LogP) is 3.03. The van der Waals surface area contributed by atoms with Crippen LogP contribution >= 0.6 is 23.2 Å². The summed E-state index contributed by atoms with van der Waals surface area (Å²) in [7, 11) is 0. The average molecular weight is 260 g/mol. The van der Waals surface area contributed by atoms with Crippen molar-refractivity contribution in [2.75, 3.05) is 13.1 Å². The molecular weight excluding hydrogens is 245 g/mol. The molecule has 1 unspecified atom stereocenters. The molecule has 2 N–H and O–H groups in total. The molecule has 0 spiro atoms. The Hall–Kier alpha value is -0.280. The Morgan fingerprint density at radius 3 is 2.50 bits per heavy atom. The van der Waals surface area contributed by atoms with Gasteiger partial charge < -0.3 is 10.4 Å². The van der Waals surface area contributed by atoms with Crippen LogP contribution < -0.4 is 5.32 Å². The van der Waals surface area contributed by atoms with Crippen molar-refractivity contribution in [3.63, 3.8) is 0 Å². The van der Waals surface area contributed by atoms with Crippen molar-refractivity contribution in [2.45, 2.75) is 18.9 Å². The quantitative estimate of drug-likeness (QED) is 0.856. The van der Waals surface area contributed by atoms with E-state index in [1.165, 1.54) is 0 Å². The molecule has 0 amide bonds. The van der Waals surface area contributed by atoms with Crippen LogP contribution in [-0.4, -0.2) is 18.2 Å². The zero-order valence-corrected chi connectivity index (χ0v) is 10.4. The lowest BCUT2D eigenvalue weighted by molar-refractivity contribution is 0.0889. The van der Waals surface area contributed by atoms with Crippen molar-refractivity contribution < 1.29 is 5.11 Å². The molecule has 1 aromatic rings. The Balaban J connectivity index is 2.12. The van der Waals surface area contributed by atoms with Gasteiger partial charge in [0, 0.05) is 0 Å². The standard InChI is InChI=1S/C12H15Cl2NO/c13-10-2-1-9(7-11(10)14)12(16)8-3-5-15-6-4-8/h1-2,7-8,12,15-16H,3-6H2. The van der Waals surface area contributed by atoms with Gasteiger partial charge in [0.2, 0.25) is 0 Å². The molecule has 0 saturated carbocycles. The van der Waals surface area contributed by atoms with Crippen LogP contribution in [0.2, 0.25) is 10.0 Å². The number of aliphatic hydroxyl groups is 1. The van der Waals surface area contributed by atoms with Gasteiger partial charge >= 0.3 is 0 Å². The third kappa shape index (κ3) is 2.69. The van der Waals surface area contributed by atoms with E-state index in [-0.39, 0.29) is 0 Å². The summed E-state index contributed by atoms with van der Waals surface area (Å²) in [5, 5.41) is 14.6. The van der Waals surface area contributed by atoms with Gasteiger partial charge in [-0.25, -0.2) is 0 Å². The minimum atomic E-state index is -0.433. The lowest BCUT2D eigenvalue weighted by Crippen LogP contribution is -2.30. The van der Waals surface area contributed by atoms with Crippen LogP contribution in [0.1, 0.15) is 24.5 Å². The first-order valence-electron chi connectivity index (χ1n) is 5.52. The maximum absolute atomic E-state index is 10.2. The summed E-state index contributed by atoms with van der Waals surface area (Å²) >= 11 is 11.8. The monoisotopic (exact) mass is 259 g/mol. The summed E-state index contributed by atoms with van der Waals surface area (Å²) < 4.78 is 0. The van der Waals surface area contributed by atoms with Gasteiger partial charge in [0.1, 0.15) is 0 Å². The fraction of sp³-hybridized carbons (Fsp3) is 0.500. The van der Waals surface area contributed by atoms with Crippen LogP contribution in [0.3, 0.4) is 0 Å². The molecule has 1 aromatic carbocycles. The second-order valence-corrected chi connectivity index (χ2v) is 5.02. The fourth-order valence-electron chi connectivity index (χ4n) is 2.13. The SMILES string of the molecule is OC(c1ccc(Cl)c(Cl)c1)C1CCNCC1. The lowest BCUT2D eigenvalue weighted by atomic mass is 9.88. The Bertz CT molecular complexity index is 364. The Morgan fingerprint density at radius 2 is 1.88 bits per heavy atom. The molecule has 0 bridgehead atoms. The van der Waals surface area contributed by atoms with Crippen LogP contribution in [0.25, 0.3) is 0 Å². The number of hydrogen-bond acceptors (Lipinski definition) is 2. The van der Waals surface area contributed by atoms with E-state index in [2.05, 4.69) is 5.32 Å². The third-order valence-corrected chi connectivity index (χ3v) is 3.85. The van der Waals surface area contributed by atoms with Crippen molar-refractivity contribution >= 4 is 23.2 Å². The summed E-state index contributed by atoms with van der Waals surface area (Å²) in [4.78, 5) is 0. The van der Waals surface area contributed by atoms with Gasteiger partial charge in [0.05, 0.1) is 16.1 Å². The third-order valence-electron chi connectivity index (χ3n) is 3.12. The van der Waals surface area contributed by atoms with Crippen LogP contribution in [0.4, 0.5) is 0 Å². The maximum atomic E-state index is 10.2. The van der Waals surface area contributed by atoms with E-state index in [4.69, 9.17) is 23.2 Å². The number of aliphatic hydroxyl groups excluding tert-OH is 1. The van der Waals surface area contributed by atoms with Gasteiger partial charge in [-0.05, 0) is 49.5 Å². The van der Waals surface area contributed by atoms with E-state index in [1.807, 2.05) is 6.07 Å². The molecule has 1 aliphatic heterocycles. The maximum Gasteiger partial charge on any atom is 0.0819 e. The van der Waals surface area contributed by atoms with Crippen molar-refractivity contribution in [1.82, 2.24) is 5.32 Å². The van der Waals surface area contributed by atoms with Crippen molar-refractivity contribution in [1.29, 1.82) is 0 Å². The lowest BCUT2D eigenvalue weighted by Gasteiger charge is -2.27. The Morgan fingerprint density at radius 1 is 1.19 bits per heavy atom. The predicted molar refractivity (Wildman–Crippen MR) is 67.0 cm³/mol. The van der Waals surface area contributed by atoms with E-state index in [1.54, 1.807) is 12.1 Å². The number of halogens is 2. The Labute approximate surface area is 106 Å². The number of rotatable bonds is 2. The fourth-order valence-corrected chi connectivity index (χ4v) is 2.44. The van der Waals surface area contributed by atoms with Gasteiger partial charge in [-0.3, -0.25) is 0 Å². The average Bonchev–Trinajstić information content (AvgIpc) is 2.33. The summed E-state index contributed by atoms with van der Waals surface area (Å²) in [6, 6.07) is 5.35. The zero-order valence-electron chi connectivity index (χ0n) is 8.92. The molecule has 4 heteroatoms. The number of piperidine rings is 1. The second kappa shape index (κ2) is 5.37. The molecule has 0 aliphatic carbocycles. The topological polar surface area (TPSA) is 32.3 Å². The van der Waals surface area contributed by atoms with E-state index in [9.17, 15) is 5.11 Å². The molecule has 1 saturated heterocycles. The first-order valence-corrected chi connectivity index (χ1v) is 6.28. The second-order valence-electron chi connectivity index (χ2n) is 4.21.